The van der Waals surface area contributed by atoms with Gasteiger partial charge in [0.05, 0.1) is 12.8 Å². The second-order valence-corrected chi connectivity index (χ2v) is 5.44. The van der Waals surface area contributed by atoms with Crippen molar-refractivity contribution in [3.63, 3.8) is 0 Å². The Balaban J connectivity index is 2.09. The van der Waals surface area contributed by atoms with Gasteiger partial charge in [0.15, 0.2) is 6.10 Å². The van der Waals surface area contributed by atoms with Crippen LogP contribution in [0.4, 0.5) is 14.5 Å². The summed E-state index contributed by atoms with van der Waals surface area (Å²) in [7, 11) is 1.36. The molecule has 25 heavy (non-hydrogen) atoms. The highest BCUT2D eigenvalue weighted by Gasteiger charge is 2.22. The predicted octanol–water partition coefficient (Wildman–Crippen LogP) is 3.81. The van der Waals surface area contributed by atoms with Crippen LogP contribution in [-0.4, -0.2) is 25.1 Å². The zero-order valence-electron chi connectivity index (χ0n) is 13.3. The molecule has 0 aliphatic carbocycles. The lowest BCUT2D eigenvalue weighted by molar-refractivity contribution is -0.123. The number of esters is 1. The lowest BCUT2D eigenvalue weighted by Gasteiger charge is -2.15. The van der Waals surface area contributed by atoms with Crippen LogP contribution in [0.3, 0.4) is 0 Å². The fourth-order valence-corrected chi connectivity index (χ4v) is 2.12. The highest BCUT2D eigenvalue weighted by atomic mass is 35.5. The van der Waals surface area contributed by atoms with Crippen molar-refractivity contribution in [3.05, 3.63) is 58.6 Å². The molecule has 0 unspecified atom stereocenters. The minimum atomic E-state index is -1.26. The van der Waals surface area contributed by atoms with E-state index in [0.29, 0.717) is 0 Å². The van der Waals surface area contributed by atoms with Crippen molar-refractivity contribution >= 4 is 29.2 Å². The van der Waals surface area contributed by atoms with Gasteiger partial charge in [0, 0.05) is 11.1 Å². The first kappa shape index (κ1) is 18.7. The van der Waals surface area contributed by atoms with Crippen molar-refractivity contribution in [3.8, 4) is 5.75 Å². The summed E-state index contributed by atoms with van der Waals surface area (Å²) in [6.07, 6.45) is -1.26. The van der Waals surface area contributed by atoms with E-state index in [0.717, 1.165) is 18.2 Å². The van der Waals surface area contributed by atoms with Crippen LogP contribution in [0.15, 0.2) is 36.4 Å². The molecular weight excluding hydrogens is 356 g/mol. The third kappa shape index (κ3) is 4.67. The summed E-state index contributed by atoms with van der Waals surface area (Å²) in [5.41, 5.74) is -0.320. The van der Waals surface area contributed by atoms with Gasteiger partial charge < -0.3 is 14.8 Å². The van der Waals surface area contributed by atoms with E-state index in [4.69, 9.17) is 21.1 Å². The first-order chi connectivity index (χ1) is 11.8. The van der Waals surface area contributed by atoms with Gasteiger partial charge in [0.1, 0.15) is 22.9 Å². The summed E-state index contributed by atoms with van der Waals surface area (Å²) in [6.45, 7) is 1.29. The van der Waals surface area contributed by atoms with Crippen molar-refractivity contribution in [1.29, 1.82) is 0 Å². The number of rotatable bonds is 5. The van der Waals surface area contributed by atoms with E-state index in [2.05, 4.69) is 5.32 Å². The lowest BCUT2D eigenvalue weighted by atomic mass is 10.2. The molecule has 2 aromatic rings. The summed E-state index contributed by atoms with van der Waals surface area (Å²) >= 11 is 5.84. The molecule has 1 amide bonds. The normalized spacial score (nSPS) is 11.6. The van der Waals surface area contributed by atoms with Crippen molar-refractivity contribution in [2.24, 2.45) is 0 Å². The van der Waals surface area contributed by atoms with Crippen molar-refractivity contribution < 1.29 is 27.8 Å². The molecule has 2 rings (SSSR count). The minimum Gasteiger partial charge on any atom is -0.496 e. The lowest BCUT2D eigenvalue weighted by Crippen LogP contribution is -2.30. The molecule has 0 saturated carbocycles. The fraction of sp³-hybridized carbons (Fsp3) is 0.176. The van der Waals surface area contributed by atoms with Crippen molar-refractivity contribution in [2.45, 2.75) is 13.0 Å². The quantitative estimate of drug-likeness (QED) is 0.814. The number of ether oxygens (including phenoxy) is 2. The summed E-state index contributed by atoms with van der Waals surface area (Å²) in [5.74, 6) is -2.98. The molecule has 0 aliphatic heterocycles. The number of hydrogen-bond donors (Lipinski definition) is 1. The molecule has 0 aromatic heterocycles. The molecule has 0 saturated heterocycles. The van der Waals surface area contributed by atoms with Crippen LogP contribution in [0, 0.1) is 11.6 Å². The zero-order valence-corrected chi connectivity index (χ0v) is 14.1. The number of amides is 1. The number of nitrogens with one attached hydrogen (secondary N) is 1. The Morgan fingerprint density at radius 2 is 1.88 bits per heavy atom. The Hall–Kier alpha value is -2.67. The second-order valence-electron chi connectivity index (χ2n) is 5.01. The predicted molar refractivity (Wildman–Crippen MR) is 87.9 cm³/mol. The summed E-state index contributed by atoms with van der Waals surface area (Å²) < 4.78 is 36.7. The molecule has 0 aliphatic rings. The van der Waals surface area contributed by atoms with Gasteiger partial charge in [-0.15, -0.1) is 0 Å². The maximum Gasteiger partial charge on any atom is 0.342 e. The second kappa shape index (κ2) is 7.94. The van der Waals surface area contributed by atoms with Gasteiger partial charge in [0.25, 0.3) is 5.91 Å². The van der Waals surface area contributed by atoms with E-state index in [1.54, 1.807) is 0 Å². The summed E-state index contributed by atoms with van der Waals surface area (Å²) in [6, 6.07) is 6.95. The van der Waals surface area contributed by atoms with E-state index in [1.807, 2.05) is 0 Å². The third-order valence-corrected chi connectivity index (χ3v) is 3.46. The number of carbonyl (C=O) groups excluding carboxylic acids is 2. The van der Waals surface area contributed by atoms with Crippen LogP contribution in [0.2, 0.25) is 5.02 Å². The molecule has 0 radical (unpaired) electrons. The standard InChI is InChI=1S/C17H14ClF2NO4/c1-9(16(22)21-14-8-11(19)4-5-13(14)20)25-17(23)12-7-10(18)3-6-15(12)24-2/h3-9H,1-2H3,(H,21,22)/t9-/m1/s1. The maximum atomic E-state index is 13.5. The van der Waals surface area contributed by atoms with Crippen LogP contribution in [0.1, 0.15) is 17.3 Å². The zero-order chi connectivity index (χ0) is 18.6. The maximum absolute atomic E-state index is 13.5. The molecular formula is C17H14ClF2NO4. The van der Waals surface area contributed by atoms with Gasteiger partial charge >= 0.3 is 5.97 Å². The summed E-state index contributed by atoms with van der Waals surface area (Å²) in [4.78, 5) is 24.2. The molecule has 5 nitrogen and oxygen atoms in total. The van der Waals surface area contributed by atoms with Crippen LogP contribution in [0.25, 0.3) is 0 Å². The average molecular weight is 370 g/mol. The van der Waals surface area contributed by atoms with E-state index < -0.39 is 29.6 Å². The van der Waals surface area contributed by atoms with Crippen LogP contribution in [-0.2, 0) is 9.53 Å². The number of carbonyl (C=O) groups is 2. The van der Waals surface area contributed by atoms with E-state index in [-0.39, 0.29) is 22.0 Å². The van der Waals surface area contributed by atoms with Crippen molar-refractivity contribution in [2.75, 3.05) is 12.4 Å². The Bertz CT molecular complexity index is 813. The summed E-state index contributed by atoms with van der Waals surface area (Å²) in [5, 5.41) is 2.44. The molecule has 0 bridgehead atoms. The number of anilines is 1. The van der Waals surface area contributed by atoms with Gasteiger partial charge in [-0.1, -0.05) is 11.6 Å². The van der Waals surface area contributed by atoms with E-state index >= 15 is 0 Å². The Morgan fingerprint density at radius 1 is 1.16 bits per heavy atom. The molecule has 132 valence electrons. The van der Waals surface area contributed by atoms with Crippen LogP contribution >= 0.6 is 11.6 Å². The highest BCUT2D eigenvalue weighted by molar-refractivity contribution is 6.31. The molecule has 0 fully saturated rings. The molecule has 0 heterocycles. The Labute approximate surface area is 147 Å². The number of methoxy groups -OCH3 is 1. The van der Waals surface area contributed by atoms with Crippen LogP contribution in [0.5, 0.6) is 5.75 Å². The smallest absolute Gasteiger partial charge is 0.342 e. The molecule has 2 aromatic carbocycles. The largest absolute Gasteiger partial charge is 0.496 e. The number of halogens is 3. The Morgan fingerprint density at radius 3 is 2.56 bits per heavy atom. The van der Waals surface area contributed by atoms with Gasteiger partial charge in [0.2, 0.25) is 0 Å². The molecule has 8 heteroatoms. The van der Waals surface area contributed by atoms with Crippen LogP contribution < -0.4 is 10.1 Å². The van der Waals surface area contributed by atoms with Gasteiger partial charge in [-0.25, -0.2) is 13.6 Å². The van der Waals surface area contributed by atoms with E-state index in [1.165, 1.54) is 32.2 Å². The topological polar surface area (TPSA) is 64.6 Å². The molecule has 1 atom stereocenters. The van der Waals surface area contributed by atoms with Gasteiger partial charge in [-0.3, -0.25) is 4.79 Å². The monoisotopic (exact) mass is 369 g/mol. The third-order valence-electron chi connectivity index (χ3n) is 3.22. The fourth-order valence-electron chi connectivity index (χ4n) is 1.94. The minimum absolute atomic E-state index is 0.0339. The number of hydrogen-bond acceptors (Lipinski definition) is 4. The molecule has 1 N–H and O–H groups in total. The van der Waals surface area contributed by atoms with Gasteiger partial charge in [-0.2, -0.15) is 0 Å². The van der Waals surface area contributed by atoms with Crippen molar-refractivity contribution in [1.82, 2.24) is 0 Å². The van der Waals surface area contributed by atoms with Gasteiger partial charge in [-0.05, 0) is 37.3 Å². The molecule has 0 spiro atoms. The van der Waals surface area contributed by atoms with E-state index in [9.17, 15) is 18.4 Å². The number of benzene rings is 2. The first-order valence-electron chi connectivity index (χ1n) is 7.12. The Kier molecular flexibility index (Phi) is 5.93. The first-order valence-corrected chi connectivity index (χ1v) is 7.50. The average Bonchev–Trinajstić information content (AvgIpc) is 2.57. The highest BCUT2D eigenvalue weighted by Crippen LogP contribution is 2.24. The SMILES string of the molecule is COc1ccc(Cl)cc1C(=O)O[C@H](C)C(=O)Nc1cc(F)ccc1F.